The van der Waals surface area contributed by atoms with Crippen molar-refractivity contribution in [2.24, 2.45) is 0 Å². The van der Waals surface area contributed by atoms with E-state index in [9.17, 15) is 9.90 Å². The van der Waals surface area contributed by atoms with E-state index in [1.807, 2.05) is 11.4 Å². The number of Topliss-reactive ketones (excluding diaryl/α,β-unsaturated/α-hetero) is 1. The second-order valence-corrected chi connectivity index (χ2v) is 7.35. The highest BCUT2D eigenvalue weighted by molar-refractivity contribution is 7.13. The molecule has 0 amide bonds. The number of oxazole rings is 1. The molecule has 1 aromatic carbocycles. The second-order valence-electron chi connectivity index (χ2n) is 6.45. The zero-order valence-corrected chi connectivity index (χ0v) is 14.1. The minimum atomic E-state index is -0.550. The third-order valence-corrected chi connectivity index (χ3v) is 5.64. The van der Waals surface area contributed by atoms with Crippen molar-refractivity contribution in [3.05, 3.63) is 29.3 Å². The average molecular weight is 356 g/mol. The minimum absolute atomic E-state index is 0.362. The summed E-state index contributed by atoms with van der Waals surface area (Å²) in [5.41, 5.74) is 2.25. The van der Waals surface area contributed by atoms with Gasteiger partial charge in [-0.15, -0.1) is 11.3 Å². The monoisotopic (exact) mass is 356 g/mol. The van der Waals surface area contributed by atoms with Gasteiger partial charge in [-0.05, 0) is 18.6 Å². The molecule has 2 bridgehead atoms. The van der Waals surface area contributed by atoms with Crippen LogP contribution >= 0.6 is 11.3 Å². The number of thiazole rings is 1. The maximum Gasteiger partial charge on any atom is 0.298 e. The zero-order valence-electron chi connectivity index (χ0n) is 13.3. The summed E-state index contributed by atoms with van der Waals surface area (Å²) in [5, 5.41) is 15.5. The number of ketones is 1. The average Bonchev–Trinajstić information content (AvgIpc) is 3.29. The number of benzene rings is 1. The van der Waals surface area contributed by atoms with E-state index in [0.717, 1.165) is 23.7 Å². The number of hydrogen-bond donors (Lipinski definition) is 2. The third-order valence-electron chi connectivity index (χ3n) is 4.83. The normalized spacial score (nSPS) is 22.2. The topological polar surface area (TPSA) is 91.5 Å². The number of aromatic nitrogens is 2. The summed E-state index contributed by atoms with van der Waals surface area (Å²) in [7, 11) is 0. The van der Waals surface area contributed by atoms with E-state index in [1.165, 1.54) is 17.8 Å². The molecule has 0 aliphatic carbocycles. The van der Waals surface area contributed by atoms with E-state index in [2.05, 4.69) is 20.2 Å². The van der Waals surface area contributed by atoms with Gasteiger partial charge >= 0.3 is 0 Å². The highest BCUT2D eigenvalue weighted by Gasteiger charge is 2.38. The van der Waals surface area contributed by atoms with E-state index in [0.29, 0.717) is 34.8 Å². The first-order valence-electron chi connectivity index (χ1n) is 8.21. The van der Waals surface area contributed by atoms with Gasteiger partial charge in [-0.3, -0.25) is 4.79 Å². The van der Waals surface area contributed by atoms with Gasteiger partial charge in [0.1, 0.15) is 17.1 Å². The number of hydrogen-bond acceptors (Lipinski definition) is 8. The van der Waals surface area contributed by atoms with E-state index >= 15 is 0 Å². The van der Waals surface area contributed by atoms with Crippen LogP contribution in [0.3, 0.4) is 0 Å². The molecule has 128 valence electrons. The Morgan fingerprint density at radius 1 is 1.40 bits per heavy atom. The van der Waals surface area contributed by atoms with E-state index in [1.54, 1.807) is 12.3 Å². The fourth-order valence-corrected chi connectivity index (χ4v) is 4.30. The Hall–Kier alpha value is -2.29. The van der Waals surface area contributed by atoms with Crippen LogP contribution in [-0.4, -0.2) is 52.6 Å². The van der Waals surface area contributed by atoms with Crippen molar-refractivity contribution in [1.82, 2.24) is 15.3 Å². The lowest BCUT2D eigenvalue weighted by atomic mass is 9.92. The molecule has 6 rings (SSSR count). The number of piperidine rings is 1. The molecule has 0 spiro atoms. The molecular weight excluding hydrogens is 340 g/mol. The van der Waals surface area contributed by atoms with Gasteiger partial charge in [0.2, 0.25) is 0 Å². The van der Waals surface area contributed by atoms with Crippen LogP contribution in [0.1, 0.15) is 16.8 Å². The Labute approximate surface area is 147 Å². The standard InChI is InChI=1S/C17H16N4O3S/c22-8-13(23)11-1-2-12(16-18-3-4-25-16)15-14(11)20-17(24-15)21-6-9-5-10(7-21)19-9/h1-4,9-10,19,22H,5-8H2. The smallest absolute Gasteiger partial charge is 0.298 e. The Morgan fingerprint density at radius 3 is 2.88 bits per heavy atom. The Bertz CT molecular complexity index is 936. The number of aliphatic hydroxyl groups excluding tert-OH is 1. The van der Waals surface area contributed by atoms with Crippen molar-refractivity contribution in [2.75, 3.05) is 24.6 Å². The van der Waals surface area contributed by atoms with Gasteiger partial charge in [-0.25, -0.2) is 4.98 Å². The van der Waals surface area contributed by atoms with Crippen molar-refractivity contribution in [3.63, 3.8) is 0 Å². The third kappa shape index (κ3) is 2.37. The molecule has 0 radical (unpaired) electrons. The fraction of sp³-hybridized carbons (Fsp3) is 0.353. The molecule has 3 aromatic rings. The molecule has 25 heavy (non-hydrogen) atoms. The molecule has 0 saturated carbocycles. The summed E-state index contributed by atoms with van der Waals surface area (Å²) in [5.74, 6) is -0.362. The second kappa shape index (κ2) is 5.62. The fourth-order valence-electron chi connectivity index (χ4n) is 3.64. The number of anilines is 1. The van der Waals surface area contributed by atoms with Crippen LogP contribution in [-0.2, 0) is 0 Å². The highest BCUT2D eigenvalue weighted by Crippen LogP contribution is 2.36. The molecule has 8 heteroatoms. The summed E-state index contributed by atoms with van der Waals surface area (Å²) in [6.07, 6.45) is 2.93. The lowest BCUT2D eigenvalue weighted by Crippen LogP contribution is -2.67. The lowest BCUT2D eigenvalue weighted by Gasteiger charge is -2.47. The van der Waals surface area contributed by atoms with Gasteiger partial charge < -0.3 is 19.7 Å². The van der Waals surface area contributed by atoms with E-state index in [4.69, 9.17) is 4.42 Å². The molecule has 5 heterocycles. The predicted molar refractivity (Wildman–Crippen MR) is 94.1 cm³/mol. The van der Waals surface area contributed by atoms with Crippen LogP contribution in [0.4, 0.5) is 6.01 Å². The molecule has 3 fully saturated rings. The van der Waals surface area contributed by atoms with Crippen molar-refractivity contribution in [1.29, 1.82) is 0 Å². The number of aliphatic hydroxyl groups is 1. The van der Waals surface area contributed by atoms with Gasteiger partial charge in [0.25, 0.3) is 6.01 Å². The van der Waals surface area contributed by atoms with Crippen molar-refractivity contribution >= 4 is 34.2 Å². The summed E-state index contributed by atoms with van der Waals surface area (Å²) in [6.45, 7) is 1.14. The molecule has 2 atom stereocenters. The first-order valence-corrected chi connectivity index (χ1v) is 9.09. The number of carbonyl (C=O) groups is 1. The summed E-state index contributed by atoms with van der Waals surface area (Å²) >= 11 is 1.51. The Morgan fingerprint density at radius 2 is 2.20 bits per heavy atom. The molecule has 3 aliphatic rings. The zero-order chi connectivity index (χ0) is 17.0. The van der Waals surface area contributed by atoms with Crippen LogP contribution in [0.15, 0.2) is 28.1 Å². The van der Waals surface area contributed by atoms with Crippen LogP contribution in [0.2, 0.25) is 0 Å². The van der Waals surface area contributed by atoms with E-state index < -0.39 is 6.61 Å². The molecule has 3 saturated heterocycles. The number of fused-ring (bicyclic) bond motifs is 3. The summed E-state index contributed by atoms with van der Waals surface area (Å²) in [6, 6.07) is 4.99. The Kier molecular flexibility index (Phi) is 3.37. The summed E-state index contributed by atoms with van der Waals surface area (Å²) in [4.78, 5) is 23.2. The maximum absolute atomic E-state index is 12.1. The maximum atomic E-state index is 12.1. The molecule has 2 unspecified atom stereocenters. The first-order chi connectivity index (χ1) is 12.2. The quantitative estimate of drug-likeness (QED) is 0.687. The number of nitrogens with zero attached hydrogens (tertiary/aromatic N) is 3. The van der Waals surface area contributed by atoms with Crippen LogP contribution in [0.25, 0.3) is 21.7 Å². The van der Waals surface area contributed by atoms with Crippen LogP contribution in [0.5, 0.6) is 0 Å². The van der Waals surface area contributed by atoms with Crippen LogP contribution in [0, 0.1) is 0 Å². The first kappa shape index (κ1) is 15.0. The molecule has 7 nitrogen and oxygen atoms in total. The predicted octanol–water partition coefficient (Wildman–Crippen LogP) is 1.68. The van der Waals surface area contributed by atoms with Crippen molar-refractivity contribution in [2.45, 2.75) is 18.5 Å². The molecule has 2 aromatic heterocycles. The molecule has 2 N–H and O–H groups in total. The van der Waals surface area contributed by atoms with Gasteiger partial charge in [0, 0.05) is 42.3 Å². The van der Waals surface area contributed by atoms with Crippen molar-refractivity contribution < 1.29 is 14.3 Å². The molecule has 3 aliphatic heterocycles. The van der Waals surface area contributed by atoms with Crippen molar-refractivity contribution in [3.8, 4) is 10.6 Å². The van der Waals surface area contributed by atoms with Gasteiger partial charge in [-0.2, -0.15) is 4.98 Å². The number of nitrogens with one attached hydrogen (secondary N) is 1. The largest absolute Gasteiger partial charge is 0.423 e. The lowest BCUT2D eigenvalue weighted by molar-refractivity contribution is 0.0905. The molecular formula is C17H16N4O3S. The van der Waals surface area contributed by atoms with E-state index in [-0.39, 0.29) is 5.78 Å². The SMILES string of the molecule is O=C(CO)c1ccc(-c2nccs2)c2oc(N3CC4CC(C3)N4)nc12. The van der Waals surface area contributed by atoms with Gasteiger partial charge in [0.05, 0.1) is 5.56 Å². The number of carbonyl (C=O) groups excluding carboxylic acids is 1. The Balaban J connectivity index is 1.65. The van der Waals surface area contributed by atoms with Crippen LogP contribution < -0.4 is 10.2 Å². The minimum Gasteiger partial charge on any atom is -0.423 e. The van der Waals surface area contributed by atoms with Gasteiger partial charge in [-0.1, -0.05) is 0 Å². The number of piperazine rings is 1. The number of rotatable bonds is 4. The summed E-state index contributed by atoms with van der Waals surface area (Å²) < 4.78 is 6.09. The van der Waals surface area contributed by atoms with Gasteiger partial charge in [0.15, 0.2) is 11.4 Å². The highest BCUT2D eigenvalue weighted by atomic mass is 32.1.